The molecular formula is C14H20BrNO3S. The minimum Gasteiger partial charge on any atom is -0.376 e. The maximum absolute atomic E-state index is 11.9. The van der Waals surface area contributed by atoms with Gasteiger partial charge in [-0.1, -0.05) is 0 Å². The van der Waals surface area contributed by atoms with Gasteiger partial charge in [-0.25, -0.2) is 0 Å². The van der Waals surface area contributed by atoms with Crippen LogP contribution in [-0.4, -0.2) is 31.3 Å². The van der Waals surface area contributed by atoms with Crippen LogP contribution in [0.2, 0.25) is 0 Å². The summed E-state index contributed by atoms with van der Waals surface area (Å²) in [6.45, 7) is 3.63. The minimum absolute atomic E-state index is 0.0784. The third-order valence-electron chi connectivity index (χ3n) is 3.24. The topological polar surface area (TPSA) is 47.6 Å². The molecule has 6 heteroatoms. The second kappa shape index (κ2) is 8.12. The zero-order valence-corrected chi connectivity index (χ0v) is 14.0. The van der Waals surface area contributed by atoms with Crippen molar-refractivity contribution in [3.8, 4) is 0 Å². The summed E-state index contributed by atoms with van der Waals surface area (Å²) >= 11 is 5.02. The van der Waals surface area contributed by atoms with Crippen LogP contribution in [0.3, 0.4) is 0 Å². The van der Waals surface area contributed by atoms with E-state index < -0.39 is 6.10 Å². The van der Waals surface area contributed by atoms with Crippen molar-refractivity contribution in [3.63, 3.8) is 0 Å². The lowest BCUT2D eigenvalue weighted by Gasteiger charge is -2.23. The third-order valence-corrected chi connectivity index (χ3v) is 4.86. The molecule has 1 aliphatic rings. The van der Waals surface area contributed by atoms with Crippen LogP contribution in [0.15, 0.2) is 15.9 Å². The summed E-state index contributed by atoms with van der Waals surface area (Å²) in [5.74, 6) is -0.0784. The van der Waals surface area contributed by atoms with Gasteiger partial charge in [-0.15, -0.1) is 11.3 Å². The van der Waals surface area contributed by atoms with E-state index in [2.05, 4.69) is 21.2 Å². The van der Waals surface area contributed by atoms with Gasteiger partial charge >= 0.3 is 0 Å². The maximum atomic E-state index is 11.9. The molecule has 2 atom stereocenters. The highest BCUT2D eigenvalue weighted by Crippen LogP contribution is 2.21. The number of rotatable bonds is 6. The monoisotopic (exact) mass is 361 g/mol. The highest BCUT2D eigenvalue weighted by atomic mass is 79.9. The number of carbonyl (C=O) groups excluding carboxylic acids is 1. The molecule has 0 aromatic carbocycles. The number of hydrogen-bond donors (Lipinski definition) is 1. The molecule has 112 valence electrons. The molecule has 4 nitrogen and oxygen atoms in total. The Hall–Kier alpha value is -0.430. The van der Waals surface area contributed by atoms with E-state index in [9.17, 15) is 4.79 Å². The number of hydrogen-bond acceptors (Lipinski definition) is 4. The normalized spacial score (nSPS) is 20.6. The van der Waals surface area contributed by atoms with E-state index in [1.807, 2.05) is 12.1 Å². The summed E-state index contributed by atoms with van der Waals surface area (Å²) in [4.78, 5) is 13.0. The second-order valence-electron chi connectivity index (χ2n) is 4.89. The summed E-state index contributed by atoms with van der Waals surface area (Å²) in [5.41, 5.74) is 0. The number of carbonyl (C=O) groups is 1. The second-order valence-corrected chi connectivity index (χ2v) is 7.44. The van der Waals surface area contributed by atoms with Gasteiger partial charge in [0.15, 0.2) is 0 Å². The molecule has 1 aromatic rings. The Bertz CT molecular complexity index is 432. The fourth-order valence-electron chi connectivity index (χ4n) is 2.03. The Balaban J connectivity index is 1.66. The summed E-state index contributed by atoms with van der Waals surface area (Å²) in [6.07, 6.45) is 3.04. The summed E-state index contributed by atoms with van der Waals surface area (Å²) in [6, 6.07) is 3.98. The van der Waals surface area contributed by atoms with Gasteiger partial charge in [-0.05, 0) is 54.2 Å². The molecular weight excluding hydrogens is 342 g/mol. The number of halogens is 1. The van der Waals surface area contributed by atoms with E-state index >= 15 is 0 Å². The van der Waals surface area contributed by atoms with Crippen molar-refractivity contribution in [3.05, 3.63) is 20.8 Å². The number of thiophene rings is 1. The average molecular weight is 362 g/mol. The largest absolute Gasteiger partial charge is 0.376 e. The van der Waals surface area contributed by atoms with Crippen molar-refractivity contribution >= 4 is 33.2 Å². The quantitative estimate of drug-likeness (QED) is 0.846. The molecule has 1 N–H and O–H groups in total. The lowest BCUT2D eigenvalue weighted by atomic mass is 10.1. The fourth-order valence-corrected chi connectivity index (χ4v) is 3.45. The standard InChI is InChI=1S/C14H20BrNO3S/c1-10(19-9-11-4-2-3-7-18-11)14(17)16-8-12-5-6-13(15)20-12/h5-6,10-11H,2-4,7-9H2,1H3,(H,16,17). The zero-order chi connectivity index (χ0) is 14.4. The molecule has 1 amide bonds. The molecule has 0 spiro atoms. The number of amides is 1. The van der Waals surface area contributed by atoms with Crippen molar-refractivity contribution < 1.29 is 14.3 Å². The van der Waals surface area contributed by atoms with Crippen LogP contribution < -0.4 is 5.32 Å². The third kappa shape index (κ3) is 5.16. The van der Waals surface area contributed by atoms with Crippen LogP contribution in [0.25, 0.3) is 0 Å². The first-order chi connectivity index (χ1) is 9.65. The lowest BCUT2D eigenvalue weighted by molar-refractivity contribution is -0.135. The van der Waals surface area contributed by atoms with Gasteiger partial charge in [0.2, 0.25) is 5.91 Å². The van der Waals surface area contributed by atoms with Gasteiger partial charge in [-0.3, -0.25) is 4.79 Å². The Labute approximate surface area is 132 Å². The predicted octanol–water partition coefficient (Wildman–Crippen LogP) is 3.10. The van der Waals surface area contributed by atoms with Crippen molar-refractivity contribution in [2.75, 3.05) is 13.2 Å². The van der Waals surface area contributed by atoms with E-state index in [0.717, 1.165) is 28.1 Å². The molecule has 20 heavy (non-hydrogen) atoms. The molecule has 0 bridgehead atoms. The average Bonchev–Trinajstić information content (AvgIpc) is 2.89. The molecule has 0 aliphatic carbocycles. The van der Waals surface area contributed by atoms with E-state index in [0.29, 0.717) is 13.2 Å². The van der Waals surface area contributed by atoms with Crippen molar-refractivity contribution in [1.29, 1.82) is 0 Å². The lowest BCUT2D eigenvalue weighted by Crippen LogP contribution is -2.36. The Kier molecular flexibility index (Phi) is 6.48. The van der Waals surface area contributed by atoms with Gasteiger partial charge in [0.25, 0.3) is 0 Å². The summed E-state index contributed by atoms with van der Waals surface area (Å²) in [7, 11) is 0. The predicted molar refractivity (Wildman–Crippen MR) is 82.9 cm³/mol. The van der Waals surface area contributed by atoms with Gasteiger partial charge in [0.05, 0.1) is 23.0 Å². The summed E-state index contributed by atoms with van der Waals surface area (Å²) < 4.78 is 12.2. The molecule has 1 saturated heterocycles. The van der Waals surface area contributed by atoms with Crippen molar-refractivity contribution in [2.24, 2.45) is 0 Å². The molecule has 0 radical (unpaired) electrons. The molecule has 0 saturated carbocycles. The van der Waals surface area contributed by atoms with Crippen LogP contribution in [0.5, 0.6) is 0 Å². The maximum Gasteiger partial charge on any atom is 0.249 e. The number of ether oxygens (including phenoxy) is 2. The van der Waals surface area contributed by atoms with E-state index in [-0.39, 0.29) is 12.0 Å². The molecule has 2 heterocycles. The van der Waals surface area contributed by atoms with E-state index in [1.54, 1.807) is 18.3 Å². The van der Waals surface area contributed by atoms with Crippen LogP contribution in [-0.2, 0) is 20.8 Å². The van der Waals surface area contributed by atoms with Crippen LogP contribution >= 0.6 is 27.3 Å². The Morgan fingerprint density at radius 2 is 2.45 bits per heavy atom. The summed E-state index contributed by atoms with van der Waals surface area (Å²) in [5, 5.41) is 2.88. The smallest absolute Gasteiger partial charge is 0.249 e. The molecule has 2 unspecified atom stereocenters. The molecule has 1 aromatic heterocycles. The van der Waals surface area contributed by atoms with Crippen LogP contribution in [0.1, 0.15) is 31.1 Å². The molecule has 1 fully saturated rings. The van der Waals surface area contributed by atoms with Crippen LogP contribution in [0.4, 0.5) is 0 Å². The van der Waals surface area contributed by atoms with E-state index in [1.165, 1.54) is 6.42 Å². The zero-order valence-electron chi connectivity index (χ0n) is 11.6. The molecule has 1 aliphatic heterocycles. The number of nitrogens with one attached hydrogen (secondary N) is 1. The van der Waals surface area contributed by atoms with Gasteiger partial charge < -0.3 is 14.8 Å². The van der Waals surface area contributed by atoms with Crippen molar-refractivity contribution in [1.82, 2.24) is 5.32 Å². The van der Waals surface area contributed by atoms with E-state index in [4.69, 9.17) is 9.47 Å². The SMILES string of the molecule is CC(OCC1CCCCO1)C(=O)NCc1ccc(Br)s1. The Morgan fingerprint density at radius 3 is 3.10 bits per heavy atom. The Morgan fingerprint density at radius 1 is 1.60 bits per heavy atom. The first kappa shape index (κ1) is 15.9. The minimum atomic E-state index is -0.441. The first-order valence-electron chi connectivity index (χ1n) is 6.90. The first-order valence-corrected chi connectivity index (χ1v) is 8.51. The van der Waals surface area contributed by atoms with Crippen molar-refractivity contribution in [2.45, 2.75) is 44.9 Å². The highest BCUT2D eigenvalue weighted by Gasteiger charge is 2.18. The highest BCUT2D eigenvalue weighted by molar-refractivity contribution is 9.11. The van der Waals surface area contributed by atoms with Gasteiger partial charge in [0, 0.05) is 11.5 Å². The van der Waals surface area contributed by atoms with Gasteiger partial charge in [0.1, 0.15) is 6.10 Å². The fraction of sp³-hybridized carbons (Fsp3) is 0.643. The van der Waals surface area contributed by atoms with Gasteiger partial charge in [-0.2, -0.15) is 0 Å². The molecule has 2 rings (SSSR count). The van der Waals surface area contributed by atoms with Crippen LogP contribution in [0, 0.1) is 0 Å².